The van der Waals surface area contributed by atoms with Crippen molar-refractivity contribution in [1.29, 1.82) is 0 Å². The number of anilines is 1. The van der Waals surface area contributed by atoms with Crippen molar-refractivity contribution in [3.63, 3.8) is 0 Å². The van der Waals surface area contributed by atoms with Gasteiger partial charge in [-0.1, -0.05) is 60.1 Å². The highest BCUT2D eigenvalue weighted by Crippen LogP contribution is 2.25. The van der Waals surface area contributed by atoms with Gasteiger partial charge in [0.15, 0.2) is 0 Å². The molecule has 0 aliphatic rings. The van der Waals surface area contributed by atoms with Gasteiger partial charge in [-0.2, -0.15) is 0 Å². The first-order valence-electron chi connectivity index (χ1n) is 11.6. The van der Waals surface area contributed by atoms with Crippen molar-refractivity contribution in [2.45, 2.75) is 44.3 Å². The fourth-order valence-electron chi connectivity index (χ4n) is 3.62. The number of carbonyl (C=O) groups excluding carboxylic acids is 2. The quantitative estimate of drug-likeness (QED) is 0.421. The molecule has 9 heteroatoms. The number of hydrogen-bond acceptors (Lipinski definition) is 4. The van der Waals surface area contributed by atoms with Crippen molar-refractivity contribution in [2.24, 2.45) is 0 Å². The van der Waals surface area contributed by atoms with Crippen LogP contribution in [0.4, 0.5) is 5.69 Å². The molecule has 0 heterocycles. The van der Waals surface area contributed by atoms with Gasteiger partial charge in [-0.25, -0.2) is 8.42 Å². The van der Waals surface area contributed by atoms with E-state index in [-0.39, 0.29) is 23.4 Å². The maximum Gasteiger partial charge on any atom is 0.264 e. The van der Waals surface area contributed by atoms with Gasteiger partial charge in [0.05, 0.1) is 10.6 Å². The average Bonchev–Trinajstić information content (AvgIpc) is 2.86. The summed E-state index contributed by atoms with van der Waals surface area (Å²) >= 11 is 5.95. The van der Waals surface area contributed by atoms with Crippen LogP contribution in [-0.2, 0) is 26.2 Å². The van der Waals surface area contributed by atoms with E-state index in [4.69, 9.17) is 11.6 Å². The smallest absolute Gasteiger partial charge is 0.264 e. The second kappa shape index (κ2) is 12.1. The van der Waals surface area contributed by atoms with E-state index >= 15 is 0 Å². The second-order valence-corrected chi connectivity index (χ2v) is 10.9. The molecular formula is C27H30ClN3O4S. The topological polar surface area (TPSA) is 86.8 Å². The van der Waals surface area contributed by atoms with Crippen LogP contribution in [0.5, 0.6) is 0 Å². The van der Waals surface area contributed by atoms with Crippen LogP contribution >= 0.6 is 11.6 Å². The van der Waals surface area contributed by atoms with Gasteiger partial charge in [-0.15, -0.1) is 0 Å². The van der Waals surface area contributed by atoms with E-state index in [9.17, 15) is 18.0 Å². The summed E-state index contributed by atoms with van der Waals surface area (Å²) in [6.45, 7) is 4.98. The lowest BCUT2D eigenvalue weighted by Crippen LogP contribution is -2.52. The van der Waals surface area contributed by atoms with Crippen LogP contribution in [-0.4, -0.2) is 43.8 Å². The molecule has 1 N–H and O–H groups in total. The number of amides is 2. The largest absolute Gasteiger partial charge is 0.352 e. The van der Waals surface area contributed by atoms with E-state index in [1.165, 1.54) is 29.2 Å². The minimum Gasteiger partial charge on any atom is -0.352 e. The minimum atomic E-state index is -4.11. The highest BCUT2D eigenvalue weighted by Gasteiger charge is 2.32. The highest BCUT2D eigenvalue weighted by molar-refractivity contribution is 7.92. The first-order valence-corrected chi connectivity index (χ1v) is 13.4. The Labute approximate surface area is 217 Å². The summed E-state index contributed by atoms with van der Waals surface area (Å²) in [4.78, 5) is 28.0. The maximum absolute atomic E-state index is 13.7. The number of rotatable bonds is 10. The standard InChI is InChI=1S/C27H30ClN3O4S/c1-20(2)29-27(33)21(3)30(18-22-10-6-4-7-11-22)26(32)19-31(24-12-8-5-9-13-24)36(34,35)25-16-14-23(28)15-17-25/h4-17,20-21H,18-19H2,1-3H3,(H,29,33)/t21-/m1/s1. The van der Waals surface area contributed by atoms with Gasteiger partial charge in [0, 0.05) is 17.6 Å². The van der Waals surface area contributed by atoms with E-state index in [0.717, 1.165) is 9.87 Å². The van der Waals surface area contributed by atoms with Crippen LogP contribution in [0.2, 0.25) is 5.02 Å². The van der Waals surface area contributed by atoms with Crippen molar-refractivity contribution in [3.05, 3.63) is 95.5 Å². The zero-order chi connectivity index (χ0) is 26.3. The Morgan fingerprint density at radius 1 is 0.861 bits per heavy atom. The fourth-order valence-corrected chi connectivity index (χ4v) is 5.16. The van der Waals surface area contributed by atoms with E-state index in [0.29, 0.717) is 10.7 Å². The van der Waals surface area contributed by atoms with Crippen molar-refractivity contribution >= 4 is 39.1 Å². The summed E-state index contributed by atoms with van der Waals surface area (Å²) in [6.07, 6.45) is 0. The molecule has 1 atom stereocenters. The van der Waals surface area contributed by atoms with Crippen molar-refractivity contribution in [3.8, 4) is 0 Å². The van der Waals surface area contributed by atoms with Gasteiger partial charge in [0.2, 0.25) is 11.8 Å². The molecule has 0 saturated heterocycles. The molecule has 0 bridgehead atoms. The zero-order valence-electron chi connectivity index (χ0n) is 20.5. The predicted octanol–water partition coefficient (Wildman–Crippen LogP) is 4.48. The number of benzene rings is 3. The summed E-state index contributed by atoms with van der Waals surface area (Å²) in [5.41, 5.74) is 1.15. The lowest BCUT2D eigenvalue weighted by molar-refractivity contribution is -0.139. The molecule has 3 aromatic carbocycles. The van der Waals surface area contributed by atoms with Gasteiger partial charge < -0.3 is 10.2 Å². The lowest BCUT2D eigenvalue weighted by Gasteiger charge is -2.32. The molecule has 0 aromatic heterocycles. The molecule has 3 aromatic rings. The van der Waals surface area contributed by atoms with Gasteiger partial charge in [-0.05, 0) is 62.7 Å². The van der Waals surface area contributed by atoms with Crippen LogP contribution in [0.25, 0.3) is 0 Å². The van der Waals surface area contributed by atoms with Crippen molar-refractivity contribution < 1.29 is 18.0 Å². The number of halogens is 1. The third-order valence-electron chi connectivity index (χ3n) is 5.52. The molecule has 3 rings (SSSR count). The number of hydrogen-bond donors (Lipinski definition) is 1. The Hall–Kier alpha value is -3.36. The van der Waals surface area contributed by atoms with Crippen LogP contribution in [0.1, 0.15) is 26.3 Å². The third kappa shape index (κ3) is 6.86. The highest BCUT2D eigenvalue weighted by atomic mass is 35.5. The molecule has 0 spiro atoms. The molecule has 0 radical (unpaired) electrons. The number of carbonyl (C=O) groups is 2. The first-order chi connectivity index (χ1) is 17.1. The van der Waals surface area contributed by atoms with Gasteiger partial charge in [0.25, 0.3) is 10.0 Å². The van der Waals surface area contributed by atoms with E-state index in [1.807, 2.05) is 44.2 Å². The van der Waals surface area contributed by atoms with Crippen LogP contribution < -0.4 is 9.62 Å². The maximum atomic E-state index is 13.7. The van der Waals surface area contributed by atoms with Crippen LogP contribution in [0, 0.1) is 0 Å². The second-order valence-electron chi connectivity index (χ2n) is 8.65. The monoisotopic (exact) mass is 527 g/mol. The van der Waals surface area contributed by atoms with Crippen LogP contribution in [0.15, 0.2) is 89.8 Å². The molecule has 0 fully saturated rings. The lowest BCUT2D eigenvalue weighted by atomic mass is 10.1. The van der Waals surface area contributed by atoms with E-state index < -0.39 is 28.5 Å². The summed E-state index contributed by atoms with van der Waals surface area (Å²) < 4.78 is 28.3. The summed E-state index contributed by atoms with van der Waals surface area (Å²) in [5, 5.41) is 3.23. The Balaban J connectivity index is 1.99. The normalized spacial score (nSPS) is 12.1. The van der Waals surface area contributed by atoms with Gasteiger partial charge in [0.1, 0.15) is 12.6 Å². The Morgan fingerprint density at radius 2 is 1.42 bits per heavy atom. The Kier molecular flexibility index (Phi) is 9.12. The number of sulfonamides is 1. The van der Waals surface area contributed by atoms with Crippen molar-refractivity contribution in [2.75, 3.05) is 10.8 Å². The average molecular weight is 528 g/mol. The molecular weight excluding hydrogens is 498 g/mol. The number of nitrogens with zero attached hydrogens (tertiary/aromatic N) is 2. The molecule has 2 amide bonds. The molecule has 0 aliphatic heterocycles. The number of para-hydroxylation sites is 1. The predicted molar refractivity (Wildman–Crippen MR) is 142 cm³/mol. The summed E-state index contributed by atoms with van der Waals surface area (Å²) in [7, 11) is -4.11. The Morgan fingerprint density at radius 3 is 1.97 bits per heavy atom. The molecule has 0 aliphatic carbocycles. The van der Waals surface area contributed by atoms with Crippen molar-refractivity contribution in [1.82, 2.24) is 10.2 Å². The summed E-state index contributed by atoms with van der Waals surface area (Å²) in [5.74, 6) is -0.826. The van der Waals surface area contributed by atoms with Gasteiger partial charge >= 0.3 is 0 Å². The molecule has 0 unspecified atom stereocenters. The van der Waals surface area contributed by atoms with E-state index in [1.54, 1.807) is 37.3 Å². The molecule has 36 heavy (non-hydrogen) atoms. The first kappa shape index (κ1) is 27.2. The number of nitrogens with one attached hydrogen (secondary N) is 1. The van der Waals surface area contributed by atoms with Gasteiger partial charge in [-0.3, -0.25) is 13.9 Å². The molecule has 7 nitrogen and oxygen atoms in total. The Bertz CT molecular complexity index is 1270. The molecule has 190 valence electrons. The van der Waals surface area contributed by atoms with E-state index in [2.05, 4.69) is 5.32 Å². The van der Waals surface area contributed by atoms with Crippen LogP contribution in [0.3, 0.4) is 0 Å². The third-order valence-corrected chi connectivity index (χ3v) is 7.56. The fraction of sp³-hybridized carbons (Fsp3) is 0.259. The zero-order valence-corrected chi connectivity index (χ0v) is 22.0. The minimum absolute atomic E-state index is 0.00348. The molecule has 0 saturated carbocycles. The summed E-state index contributed by atoms with van der Waals surface area (Å²) in [6, 6.07) is 22.5. The SMILES string of the molecule is CC(C)NC(=O)[C@@H](C)N(Cc1ccccc1)C(=O)CN(c1ccccc1)S(=O)(=O)c1ccc(Cl)cc1.